The summed E-state index contributed by atoms with van der Waals surface area (Å²) in [5, 5.41) is 0. The largest absolute Gasteiger partial charge is 0.284 e. The lowest BCUT2D eigenvalue weighted by atomic mass is 10.3. The Morgan fingerprint density at radius 2 is 2.15 bits per heavy atom. The summed E-state index contributed by atoms with van der Waals surface area (Å²) in [4.78, 5) is 16.1. The van der Waals surface area contributed by atoms with Crippen molar-refractivity contribution in [3.05, 3.63) is 41.4 Å². The molecule has 1 radical (unpaired) electrons. The average Bonchev–Trinajstić information content (AvgIpc) is 2.67. The molecule has 0 amide bonds. The molecule has 2 aromatic heterocycles. The number of carbonyl (C=O) groups excluding carboxylic acids is 1. The molecule has 0 fully saturated rings. The lowest BCUT2D eigenvalue weighted by Gasteiger charge is -1.92. The third-order valence-electron chi connectivity index (χ3n) is 1.62. The molecule has 2 heterocycles. The van der Waals surface area contributed by atoms with Gasteiger partial charge in [-0.1, -0.05) is 6.07 Å². The maximum absolute atomic E-state index is 10.3. The van der Waals surface area contributed by atoms with Crippen LogP contribution in [0, 0.1) is 0 Å². The van der Waals surface area contributed by atoms with Gasteiger partial charge in [-0.15, -0.1) is 11.3 Å². The predicted molar refractivity (Wildman–Crippen MR) is 52.3 cm³/mol. The minimum atomic E-state index is 0.612. The molecule has 3 heteroatoms. The Balaban J connectivity index is 2.41. The van der Waals surface area contributed by atoms with Crippen LogP contribution in [0.15, 0.2) is 36.5 Å². The summed E-state index contributed by atoms with van der Waals surface area (Å²) in [5.41, 5.74) is 0.897. The molecule has 0 atom stereocenters. The number of hydrogen-bond acceptors (Lipinski definition) is 3. The maximum Gasteiger partial charge on any atom is 0.244 e. The van der Waals surface area contributed by atoms with E-state index in [0.717, 1.165) is 10.6 Å². The van der Waals surface area contributed by atoms with Gasteiger partial charge in [0.05, 0.1) is 15.4 Å². The van der Waals surface area contributed by atoms with Gasteiger partial charge in [0.25, 0.3) is 0 Å². The van der Waals surface area contributed by atoms with Gasteiger partial charge in [0, 0.05) is 6.20 Å². The second-order valence-corrected chi connectivity index (χ2v) is 3.56. The van der Waals surface area contributed by atoms with Crippen molar-refractivity contribution in [3.8, 4) is 10.6 Å². The van der Waals surface area contributed by atoms with Crippen LogP contribution >= 0.6 is 11.3 Å². The van der Waals surface area contributed by atoms with Crippen LogP contribution in [0.4, 0.5) is 0 Å². The molecule has 0 aromatic carbocycles. The van der Waals surface area contributed by atoms with Gasteiger partial charge >= 0.3 is 0 Å². The Hall–Kier alpha value is -1.48. The van der Waals surface area contributed by atoms with Crippen molar-refractivity contribution in [3.63, 3.8) is 0 Å². The highest BCUT2D eigenvalue weighted by atomic mass is 32.1. The fourth-order valence-electron chi connectivity index (χ4n) is 1.04. The molecule has 0 N–H and O–H groups in total. The minimum absolute atomic E-state index is 0.612. The number of nitrogens with zero attached hydrogens (tertiary/aromatic N) is 1. The van der Waals surface area contributed by atoms with Crippen LogP contribution in [0.1, 0.15) is 4.88 Å². The predicted octanol–water partition coefficient (Wildman–Crippen LogP) is 2.27. The maximum atomic E-state index is 10.3. The topological polar surface area (TPSA) is 30.0 Å². The second-order valence-electron chi connectivity index (χ2n) is 2.48. The van der Waals surface area contributed by atoms with Crippen molar-refractivity contribution in [2.24, 2.45) is 0 Å². The second kappa shape index (κ2) is 3.49. The number of hydrogen-bond donors (Lipinski definition) is 0. The molecule has 2 rings (SSSR count). The van der Waals surface area contributed by atoms with Crippen LogP contribution in [0.2, 0.25) is 0 Å². The molecular formula is C10H6NOS. The third-order valence-corrected chi connectivity index (χ3v) is 2.63. The van der Waals surface area contributed by atoms with Crippen molar-refractivity contribution in [2.45, 2.75) is 0 Å². The number of rotatable bonds is 2. The Bertz CT molecular complexity index is 408. The summed E-state index contributed by atoms with van der Waals surface area (Å²) >= 11 is 1.40. The fraction of sp³-hybridized carbons (Fsp3) is 0. The van der Waals surface area contributed by atoms with Crippen LogP contribution in [0.25, 0.3) is 10.6 Å². The Kier molecular flexibility index (Phi) is 2.19. The molecule has 0 aliphatic heterocycles. The summed E-state index contributed by atoms with van der Waals surface area (Å²) in [6.45, 7) is 0. The molecule has 0 saturated carbocycles. The highest BCUT2D eigenvalue weighted by molar-refractivity contribution is 7.17. The van der Waals surface area contributed by atoms with Gasteiger partial charge < -0.3 is 0 Å². The van der Waals surface area contributed by atoms with E-state index in [-0.39, 0.29) is 0 Å². The third kappa shape index (κ3) is 1.65. The average molecular weight is 188 g/mol. The summed E-state index contributed by atoms with van der Waals surface area (Å²) < 4.78 is 0. The summed E-state index contributed by atoms with van der Waals surface area (Å²) in [7, 11) is 0. The van der Waals surface area contributed by atoms with Gasteiger partial charge in [-0.05, 0) is 24.3 Å². The standard InChI is InChI=1S/C10H6NOS/c12-7-8-4-5-10(13-8)9-3-1-2-6-11-9/h1-6H. The van der Waals surface area contributed by atoms with Gasteiger partial charge in [0.1, 0.15) is 0 Å². The van der Waals surface area contributed by atoms with E-state index in [1.807, 2.05) is 30.6 Å². The smallest absolute Gasteiger partial charge is 0.244 e. The summed E-state index contributed by atoms with van der Waals surface area (Å²) in [6, 6.07) is 9.34. The Labute approximate surface area is 79.9 Å². The Morgan fingerprint density at radius 3 is 2.77 bits per heavy atom. The van der Waals surface area contributed by atoms with E-state index >= 15 is 0 Å². The van der Waals surface area contributed by atoms with Crippen LogP contribution in [-0.2, 0) is 4.79 Å². The first-order valence-electron chi connectivity index (χ1n) is 3.79. The molecule has 0 saturated heterocycles. The van der Waals surface area contributed by atoms with Crippen molar-refractivity contribution < 1.29 is 4.79 Å². The van der Waals surface area contributed by atoms with E-state index in [1.165, 1.54) is 11.3 Å². The van der Waals surface area contributed by atoms with Gasteiger partial charge in [-0.2, -0.15) is 0 Å². The zero-order valence-electron chi connectivity index (χ0n) is 6.73. The molecule has 2 nitrogen and oxygen atoms in total. The molecule has 0 bridgehead atoms. The lowest BCUT2D eigenvalue weighted by Crippen LogP contribution is -1.75. The summed E-state index contributed by atoms with van der Waals surface area (Å²) in [6.07, 6.45) is 3.59. The van der Waals surface area contributed by atoms with E-state index in [1.54, 1.807) is 12.3 Å². The van der Waals surface area contributed by atoms with Gasteiger partial charge in [-0.25, -0.2) is 0 Å². The van der Waals surface area contributed by atoms with E-state index in [0.29, 0.717) is 4.88 Å². The minimum Gasteiger partial charge on any atom is -0.284 e. The molecule has 63 valence electrons. The monoisotopic (exact) mass is 188 g/mol. The first-order valence-corrected chi connectivity index (χ1v) is 4.61. The Morgan fingerprint density at radius 1 is 1.23 bits per heavy atom. The van der Waals surface area contributed by atoms with E-state index in [9.17, 15) is 4.79 Å². The highest BCUT2D eigenvalue weighted by Gasteiger charge is 2.02. The van der Waals surface area contributed by atoms with Gasteiger partial charge in [0.2, 0.25) is 6.29 Å². The van der Waals surface area contributed by atoms with Gasteiger partial charge in [0.15, 0.2) is 0 Å². The molecule has 0 aliphatic rings. The van der Waals surface area contributed by atoms with Crippen molar-refractivity contribution in [2.75, 3.05) is 0 Å². The van der Waals surface area contributed by atoms with Gasteiger partial charge in [-0.3, -0.25) is 9.78 Å². The molecule has 0 unspecified atom stereocenters. The number of thiophene rings is 1. The highest BCUT2D eigenvalue weighted by Crippen LogP contribution is 2.24. The molecule has 0 spiro atoms. The molecule has 0 aliphatic carbocycles. The molecular weight excluding hydrogens is 182 g/mol. The fourth-order valence-corrected chi connectivity index (χ4v) is 1.81. The van der Waals surface area contributed by atoms with Crippen LogP contribution < -0.4 is 0 Å². The van der Waals surface area contributed by atoms with Crippen LogP contribution in [0.5, 0.6) is 0 Å². The quantitative estimate of drug-likeness (QED) is 0.723. The van der Waals surface area contributed by atoms with Crippen molar-refractivity contribution in [1.29, 1.82) is 0 Å². The van der Waals surface area contributed by atoms with E-state index in [2.05, 4.69) is 4.98 Å². The van der Waals surface area contributed by atoms with E-state index < -0.39 is 0 Å². The summed E-state index contributed by atoms with van der Waals surface area (Å²) in [5.74, 6) is 0. The van der Waals surface area contributed by atoms with E-state index in [4.69, 9.17) is 0 Å². The van der Waals surface area contributed by atoms with Crippen LogP contribution in [-0.4, -0.2) is 11.3 Å². The lowest BCUT2D eigenvalue weighted by molar-refractivity contribution is 0.563. The number of aromatic nitrogens is 1. The van der Waals surface area contributed by atoms with Crippen molar-refractivity contribution in [1.82, 2.24) is 4.98 Å². The van der Waals surface area contributed by atoms with Crippen molar-refractivity contribution >= 4 is 17.6 Å². The first-order chi connectivity index (χ1) is 6.40. The van der Waals surface area contributed by atoms with Crippen LogP contribution in [0.3, 0.4) is 0 Å². The molecule has 2 aromatic rings. The zero-order valence-corrected chi connectivity index (χ0v) is 7.54. The SMILES string of the molecule is O=[C]c1ccc(-c2ccccn2)s1. The number of pyridine rings is 1. The zero-order chi connectivity index (χ0) is 9.10. The molecule has 13 heavy (non-hydrogen) atoms. The normalized spacial score (nSPS) is 9.85. The first kappa shape index (κ1) is 8.13.